The summed E-state index contributed by atoms with van der Waals surface area (Å²) < 4.78 is 0. The first-order valence-corrected chi connectivity index (χ1v) is 5.96. The minimum atomic E-state index is -0.354. The van der Waals surface area contributed by atoms with Crippen LogP contribution < -0.4 is 5.73 Å². The van der Waals surface area contributed by atoms with E-state index in [-0.39, 0.29) is 11.5 Å². The molecular weight excluding hydrogens is 186 g/mol. The van der Waals surface area contributed by atoms with Gasteiger partial charge >= 0.3 is 0 Å². The second-order valence-corrected chi connectivity index (χ2v) is 6.73. The molecule has 15 heavy (non-hydrogen) atoms. The van der Waals surface area contributed by atoms with Crippen LogP contribution in [-0.2, 0) is 0 Å². The van der Waals surface area contributed by atoms with Crippen molar-refractivity contribution in [2.45, 2.75) is 60.5 Å². The molecule has 0 rings (SSSR count). The molecule has 0 spiro atoms. The average molecular weight is 215 g/mol. The largest absolute Gasteiger partial charge is 0.392 e. The van der Waals surface area contributed by atoms with Gasteiger partial charge in [0.1, 0.15) is 0 Å². The monoisotopic (exact) mass is 215 g/mol. The summed E-state index contributed by atoms with van der Waals surface area (Å²) in [5.74, 6) is 0.650. The van der Waals surface area contributed by atoms with Gasteiger partial charge in [-0.25, -0.2) is 0 Å². The Balaban J connectivity index is 4.25. The van der Waals surface area contributed by atoms with Crippen LogP contribution in [0.1, 0.15) is 54.4 Å². The molecule has 0 saturated heterocycles. The van der Waals surface area contributed by atoms with Gasteiger partial charge in [0.05, 0.1) is 6.10 Å². The smallest absolute Gasteiger partial charge is 0.0667 e. The molecule has 0 aliphatic heterocycles. The van der Waals surface area contributed by atoms with Crippen LogP contribution in [0.15, 0.2) is 0 Å². The van der Waals surface area contributed by atoms with Gasteiger partial charge in [-0.15, -0.1) is 0 Å². The lowest BCUT2D eigenvalue weighted by molar-refractivity contribution is 0.0886. The lowest BCUT2D eigenvalue weighted by atomic mass is 9.71. The zero-order valence-electron chi connectivity index (χ0n) is 11.3. The minimum Gasteiger partial charge on any atom is -0.392 e. The Morgan fingerprint density at radius 3 is 1.87 bits per heavy atom. The zero-order valence-corrected chi connectivity index (χ0v) is 11.3. The molecule has 2 nitrogen and oxygen atoms in total. The maximum absolute atomic E-state index is 9.58. The van der Waals surface area contributed by atoms with E-state index in [1.165, 1.54) is 0 Å². The Kier molecular flexibility index (Phi) is 5.28. The van der Waals surface area contributed by atoms with E-state index >= 15 is 0 Å². The van der Waals surface area contributed by atoms with E-state index in [1.807, 2.05) is 0 Å². The third kappa shape index (κ3) is 6.16. The van der Waals surface area contributed by atoms with Crippen LogP contribution in [0.3, 0.4) is 0 Å². The number of hydrogen-bond acceptors (Lipinski definition) is 2. The van der Waals surface area contributed by atoms with Crippen LogP contribution in [0.2, 0.25) is 0 Å². The Morgan fingerprint density at radius 2 is 1.53 bits per heavy atom. The van der Waals surface area contributed by atoms with E-state index in [0.29, 0.717) is 17.9 Å². The third-order valence-corrected chi connectivity index (χ3v) is 3.40. The lowest BCUT2D eigenvalue weighted by Gasteiger charge is -2.36. The summed E-state index contributed by atoms with van der Waals surface area (Å²) in [6.45, 7) is 13.9. The number of hydrogen-bond donors (Lipinski definition) is 2. The summed E-state index contributed by atoms with van der Waals surface area (Å²) in [6.07, 6.45) is 1.57. The topological polar surface area (TPSA) is 46.2 Å². The predicted octanol–water partition coefficient (Wildman–Crippen LogP) is 2.79. The first kappa shape index (κ1) is 14.9. The summed E-state index contributed by atoms with van der Waals surface area (Å²) in [5, 5.41) is 9.58. The van der Waals surface area contributed by atoms with Crippen LogP contribution in [0.4, 0.5) is 0 Å². The number of aliphatic hydroxyl groups is 1. The fourth-order valence-corrected chi connectivity index (χ4v) is 1.94. The Labute approximate surface area is 95.3 Å². The Morgan fingerprint density at radius 1 is 1.07 bits per heavy atom. The van der Waals surface area contributed by atoms with Gasteiger partial charge in [0.15, 0.2) is 0 Å². The molecule has 2 heteroatoms. The third-order valence-electron chi connectivity index (χ3n) is 3.40. The SMILES string of the molecule is CC(CC(C)(C)CC(O)CN)C(C)(C)C. The number of aliphatic hydroxyl groups excluding tert-OH is 1. The normalized spacial score (nSPS) is 17.6. The second-order valence-electron chi connectivity index (χ2n) is 6.73. The second kappa shape index (κ2) is 5.31. The van der Waals surface area contributed by atoms with E-state index in [4.69, 9.17) is 5.73 Å². The van der Waals surface area contributed by atoms with Gasteiger partial charge in [-0.2, -0.15) is 0 Å². The highest BCUT2D eigenvalue weighted by molar-refractivity contribution is 4.80. The molecule has 0 aromatic rings. The molecule has 92 valence electrons. The summed E-state index contributed by atoms with van der Waals surface area (Å²) in [6, 6.07) is 0. The molecule has 0 heterocycles. The summed E-state index contributed by atoms with van der Waals surface area (Å²) >= 11 is 0. The molecule has 2 unspecified atom stereocenters. The van der Waals surface area contributed by atoms with Crippen LogP contribution in [0.5, 0.6) is 0 Å². The number of rotatable bonds is 5. The van der Waals surface area contributed by atoms with Crippen molar-refractivity contribution < 1.29 is 5.11 Å². The highest BCUT2D eigenvalue weighted by atomic mass is 16.3. The van der Waals surface area contributed by atoms with E-state index in [2.05, 4.69) is 41.5 Å². The zero-order chi connectivity index (χ0) is 12.3. The average Bonchev–Trinajstić information content (AvgIpc) is 2.00. The lowest BCUT2D eigenvalue weighted by Crippen LogP contribution is -2.30. The maximum atomic E-state index is 9.58. The van der Waals surface area contributed by atoms with Crippen LogP contribution in [0.25, 0.3) is 0 Å². The summed E-state index contributed by atoms with van der Waals surface area (Å²) in [5.41, 5.74) is 5.96. The van der Waals surface area contributed by atoms with Crippen molar-refractivity contribution in [2.24, 2.45) is 22.5 Å². The molecule has 0 saturated carbocycles. The fourth-order valence-electron chi connectivity index (χ4n) is 1.94. The van der Waals surface area contributed by atoms with Gasteiger partial charge in [0, 0.05) is 6.54 Å². The van der Waals surface area contributed by atoms with Gasteiger partial charge in [-0.1, -0.05) is 41.5 Å². The van der Waals surface area contributed by atoms with Crippen molar-refractivity contribution in [2.75, 3.05) is 6.54 Å². The van der Waals surface area contributed by atoms with E-state index in [0.717, 1.165) is 12.8 Å². The van der Waals surface area contributed by atoms with E-state index in [9.17, 15) is 5.11 Å². The molecule has 0 amide bonds. The molecule has 0 aliphatic carbocycles. The molecule has 0 aromatic heterocycles. The van der Waals surface area contributed by atoms with Crippen molar-refractivity contribution in [3.05, 3.63) is 0 Å². The first-order valence-electron chi connectivity index (χ1n) is 5.96. The molecule has 0 aromatic carbocycles. The number of nitrogens with two attached hydrogens (primary N) is 1. The van der Waals surface area contributed by atoms with Gasteiger partial charge in [0.25, 0.3) is 0 Å². The molecule has 3 N–H and O–H groups in total. The van der Waals surface area contributed by atoms with Crippen molar-refractivity contribution in [3.63, 3.8) is 0 Å². The molecule has 0 aliphatic rings. The molecule has 0 fully saturated rings. The molecule has 0 bridgehead atoms. The van der Waals surface area contributed by atoms with Crippen molar-refractivity contribution in [3.8, 4) is 0 Å². The highest BCUT2D eigenvalue weighted by Gasteiger charge is 2.29. The Bertz CT molecular complexity index is 181. The van der Waals surface area contributed by atoms with Gasteiger partial charge in [-0.3, -0.25) is 0 Å². The van der Waals surface area contributed by atoms with E-state index < -0.39 is 0 Å². The van der Waals surface area contributed by atoms with Crippen LogP contribution in [-0.4, -0.2) is 17.8 Å². The molecular formula is C13H29NO. The Hall–Kier alpha value is -0.0800. The van der Waals surface area contributed by atoms with Gasteiger partial charge in [-0.05, 0) is 29.6 Å². The van der Waals surface area contributed by atoms with Crippen molar-refractivity contribution >= 4 is 0 Å². The summed E-state index contributed by atoms with van der Waals surface area (Å²) in [7, 11) is 0. The van der Waals surface area contributed by atoms with Crippen molar-refractivity contribution in [1.29, 1.82) is 0 Å². The highest BCUT2D eigenvalue weighted by Crippen LogP contribution is 2.38. The molecule has 0 radical (unpaired) electrons. The first-order chi connectivity index (χ1) is 6.58. The quantitative estimate of drug-likeness (QED) is 0.741. The van der Waals surface area contributed by atoms with Gasteiger partial charge in [0.2, 0.25) is 0 Å². The fraction of sp³-hybridized carbons (Fsp3) is 1.00. The van der Waals surface area contributed by atoms with Crippen LogP contribution in [0, 0.1) is 16.7 Å². The van der Waals surface area contributed by atoms with Crippen LogP contribution >= 0.6 is 0 Å². The van der Waals surface area contributed by atoms with E-state index in [1.54, 1.807) is 0 Å². The minimum absolute atomic E-state index is 0.172. The molecule has 2 atom stereocenters. The standard InChI is InChI=1S/C13H29NO/c1-10(12(2,3)4)7-13(5,6)8-11(15)9-14/h10-11,15H,7-9,14H2,1-6H3. The predicted molar refractivity (Wildman–Crippen MR) is 66.7 cm³/mol. The maximum Gasteiger partial charge on any atom is 0.0667 e. The summed E-state index contributed by atoms with van der Waals surface area (Å²) in [4.78, 5) is 0. The van der Waals surface area contributed by atoms with Crippen molar-refractivity contribution in [1.82, 2.24) is 0 Å². The van der Waals surface area contributed by atoms with Gasteiger partial charge < -0.3 is 10.8 Å².